The number of hydrogen-bond acceptors (Lipinski definition) is 5. The fraction of sp³-hybridized carbons (Fsp3) is 0.350. The number of carbonyl (C=O) groups excluding carboxylic acids is 1. The Bertz CT molecular complexity index is 942. The van der Waals surface area contributed by atoms with E-state index in [2.05, 4.69) is 5.32 Å². The van der Waals surface area contributed by atoms with Crippen molar-refractivity contribution in [3.63, 3.8) is 0 Å². The van der Waals surface area contributed by atoms with Crippen molar-refractivity contribution in [3.8, 4) is 5.75 Å². The third-order valence-corrected chi connectivity index (χ3v) is 6.35. The van der Waals surface area contributed by atoms with Gasteiger partial charge in [0, 0.05) is 18.8 Å². The molecule has 0 aromatic heterocycles. The fourth-order valence-electron chi connectivity index (χ4n) is 3.16. The molecule has 0 unspecified atom stereocenters. The van der Waals surface area contributed by atoms with Gasteiger partial charge in [-0.25, -0.2) is 8.42 Å². The Labute approximate surface area is 165 Å². The summed E-state index contributed by atoms with van der Waals surface area (Å²) in [5.41, 5.74) is 2.16. The lowest BCUT2D eigenvalue weighted by atomic mass is 10.0. The Morgan fingerprint density at radius 1 is 1.18 bits per heavy atom. The van der Waals surface area contributed by atoms with Crippen molar-refractivity contribution in [1.82, 2.24) is 0 Å². The van der Waals surface area contributed by atoms with Crippen LogP contribution in [-0.2, 0) is 26.0 Å². The van der Waals surface area contributed by atoms with Crippen molar-refractivity contribution >= 4 is 27.3 Å². The third-order valence-electron chi connectivity index (χ3n) is 4.52. The fourth-order valence-corrected chi connectivity index (χ4v) is 4.70. The summed E-state index contributed by atoms with van der Waals surface area (Å²) in [7, 11) is -2.14. The molecule has 0 atom stereocenters. The number of benzene rings is 2. The second-order valence-corrected chi connectivity index (χ2v) is 8.25. The number of amides is 1. The Hall–Kier alpha value is -2.58. The van der Waals surface area contributed by atoms with E-state index < -0.39 is 10.0 Å². The average molecular weight is 404 g/mol. The van der Waals surface area contributed by atoms with Crippen LogP contribution in [0.25, 0.3) is 0 Å². The molecular weight excluding hydrogens is 380 g/mol. The minimum absolute atomic E-state index is 0.00837. The zero-order chi connectivity index (χ0) is 20.1. The SMILES string of the molecule is CCOCC(=O)Nc1ccc2c(c1)CCCN2S(=O)(=O)c1ccc(OC)cc1. The molecule has 0 bridgehead atoms. The van der Waals surface area contributed by atoms with Crippen molar-refractivity contribution in [2.75, 3.05) is 36.5 Å². The summed E-state index contributed by atoms with van der Waals surface area (Å²) in [6.07, 6.45) is 1.46. The van der Waals surface area contributed by atoms with Gasteiger partial charge in [0.15, 0.2) is 0 Å². The van der Waals surface area contributed by atoms with E-state index in [1.54, 1.807) is 36.4 Å². The molecule has 3 rings (SSSR count). The number of carbonyl (C=O) groups is 1. The second kappa shape index (κ2) is 8.62. The molecule has 0 spiro atoms. The van der Waals surface area contributed by atoms with E-state index >= 15 is 0 Å². The van der Waals surface area contributed by atoms with Crippen LogP contribution in [0.5, 0.6) is 5.75 Å². The molecule has 1 aliphatic heterocycles. The van der Waals surface area contributed by atoms with Crippen LogP contribution in [0.2, 0.25) is 0 Å². The second-order valence-electron chi connectivity index (χ2n) is 6.39. The number of nitrogens with zero attached hydrogens (tertiary/aromatic N) is 1. The van der Waals surface area contributed by atoms with E-state index in [0.717, 1.165) is 12.0 Å². The van der Waals surface area contributed by atoms with Crippen LogP contribution in [0.1, 0.15) is 18.9 Å². The number of rotatable bonds is 7. The highest BCUT2D eigenvalue weighted by molar-refractivity contribution is 7.92. The first-order chi connectivity index (χ1) is 13.5. The maximum Gasteiger partial charge on any atom is 0.264 e. The van der Waals surface area contributed by atoms with Gasteiger partial charge in [-0.1, -0.05) is 0 Å². The first-order valence-corrected chi connectivity index (χ1v) is 10.6. The van der Waals surface area contributed by atoms with Crippen molar-refractivity contribution in [2.24, 2.45) is 0 Å². The zero-order valence-corrected chi connectivity index (χ0v) is 16.8. The van der Waals surface area contributed by atoms with Crippen molar-refractivity contribution < 1.29 is 22.7 Å². The molecular formula is C20H24N2O5S. The number of ether oxygens (including phenoxy) is 2. The minimum Gasteiger partial charge on any atom is -0.497 e. The minimum atomic E-state index is -3.68. The van der Waals surface area contributed by atoms with Crippen LogP contribution in [0.15, 0.2) is 47.4 Å². The summed E-state index contributed by atoms with van der Waals surface area (Å²) < 4.78 is 37.9. The van der Waals surface area contributed by atoms with Crippen LogP contribution in [-0.4, -0.2) is 41.2 Å². The van der Waals surface area contributed by atoms with Crippen LogP contribution in [0, 0.1) is 0 Å². The van der Waals surface area contributed by atoms with Gasteiger partial charge in [-0.3, -0.25) is 9.10 Å². The van der Waals surface area contributed by atoms with Crippen LogP contribution < -0.4 is 14.4 Å². The predicted molar refractivity (Wildman–Crippen MR) is 107 cm³/mol. The Morgan fingerprint density at radius 2 is 1.93 bits per heavy atom. The summed E-state index contributed by atoms with van der Waals surface area (Å²) >= 11 is 0. The number of sulfonamides is 1. The first kappa shape index (κ1) is 20.2. The summed E-state index contributed by atoms with van der Waals surface area (Å²) in [6, 6.07) is 11.6. The van der Waals surface area contributed by atoms with Gasteiger partial charge in [0.1, 0.15) is 12.4 Å². The van der Waals surface area contributed by atoms with Gasteiger partial charge in [0.05, 0.1) is 17.7 Å². The van der Waals surface area contributed by atoms with Gasteiger partial charge >= 0.3 is 0 Å². The van der Waals surface area contributed by atoms with E-state index in [9.17, 15) is 13.2 Å². The molecule has 8 heteroatoms. The number of fused-ring (bicyclic) bond motifs is 1. The number of hydrogen-bond donors (Lipinski definition) is 1. The molecule has 0 aliphatic carbocycles. The number of anilines is 2. The van der Waals surface area contributed by atoms with E-state index in [1.165, 1.54) is 11.4 Å². The molecule has 0 radical (unpaired) electrons. The van der Waals surface area contributed by atoms with Gasteiger partial charge in [0.25, 0.3) is 10.0 Å². The molecule has 1 amide bonds. The van der Waals surface area contributed by atoms with Crippen molar-refractivity contribution in [1.29, 1.82) is 0 Å². The van der Waals surface area contributed by atoms with E-state index in [1.807, 2.05) is 13.0 Å². The highest BCUT2D eigenvalue weighted by Gasteiger charge is 2.29. The van der Waals surface area contributed by atoms with Crippen LogP contribution in [0.3, 0.4) is 0 Å². The lowest BCUT2D eigenvalue weighted by Gasteiger charge is -2.31. The quantitative estimate of drug-likeness (QED) is 0.767. The molecule has 28 heavy (non-hydrogen) atoms. The molecule has 0 saturated heterocycles. The van der Waals surface area contributed by atoms with Gasteiger partial charge in [0.2, 0.25) is 5.91 Å². The van der Waals surface area contributed by atoms with E-state index in [4.69, 9.17) is 9.47 Å². The molecule has 2 aromatic rings. The lowest BCUT2D eigenvalue weighted by molar-refractivity contribution is -0.120. The van der Waals surface area contributed by atoms with Gasteiger partial charge in [-0.15, -0.1) is 0 Å². The summed E-state index contributed by atoms with van der Waals surface area (Å²) in [6.45, 7) is 2.70. The molecule has 0 saturated carbocycles. The topological polar surface area (TPSA) is 84.9 Å². The zero-order valence-electron chi connectivity index (χ0n) is 16.0. The molecule has 1 aliphatic rings. The molecule has 2 aromatic carbocycles. The van der Waals surface area contributed by atoms with Crippen LogP contribution >= 0.6 is 0 Å². The number of nitrogens with one attached hydrogen (secondary N) is 1. The largest absolute Gasteiger partial charge is 0.497 e. The predicted octanol–water partition coefficient (Wildman–Crippen LogP) is 2.81. The highest BCUT2D eigenvalue weighted by Crippen LogP contribution is 2.34. The smallest absolute Gasteiger partial charge is 0.264 e. The number of methoxy groups -OCH3 is 1. The Balaban J connectivity index is 1.85. The number of aryl methyl sites for hydroxylation is 1. The monoisotopic (exact) mass is 404 g/mol. The summed E-state index contributed by atoms with van der Waals surface area (Å²) in [5, 5.41) is 2.78. The summed E-state index contributed by atoms with van der Waals surface area (Å²) in [4.78, 5) is 12.1. The molecule has 0 fully saturated rings. The van der Waals surface area contributed by atoms with Gasteiger partial charge in [-0.2, -0.15) is 0 Å². The molecule has 150 valence electrons. The molecule has 1 heterocycles. The third kappa shape index (κ3) is 4.28. The maximum atomic E-state index is 13.1. The van der Waals surface area contributed by atoms with Crippen molar-refractivity contribution in [3.05, 3.63) is 48.0 Å². The molecule has 1 N–H and O–H groups in total. The average Bonchev–Trinajstić information content (AvgIpc) is 2.71. The van der Waals surface area contributed by atoms with E-state index in [-0.39, 0.29) is 17.4 Å². The van der Waals surface area contributed by atoms with Crippen LogP contribution in [0.4, 0.5) is 11.4 Å². The van der Waals surface area contributed by atoms with E-state index in [0.29, 0.717) is 36.7 Å². The normalized spacial score (nSPS) is 13.7. The van der Waals surface area contributed by atoms with Crippen molar-refractivity contribution in [2.45, 2.75) is 24.7 Å². The molecule has 7 nitrogen and oxygen atoms in total. The first-order valence-electron chi connectivity index (χ1n) is 9.13. The van der Waals surface area contributed by atoms with Gasteiger partial charge in [-0.05, 0) is 67.8 Å². The standard InChI is InChI=1S/C20H24N2O5S/c1-3-27-14-20(23)21-16-6-11-19-15(13-16)5-4-12-22(19)28(24,25)18-9-7-17(26-2)8-10-18/h6-11,13H,3-5,12,14H2,1-2H3,(H,21,23). The Morgan fingerprint density at radius 3 is 2.61 bits per heavy atom. The van der Waals surface area contributed by atoms with Gasteiger partial charge < -0.3 is 14.8 Å². The Kier molecular flexibility index (Phi) is 6.21. The maximum absolute atomic E-state index is 13.1. The highest BCUT2D eigenvalue weighted by atomic mass is 32.2. The lowest BCUT2D eigenvalue weighted by Crippen LogP contribution is -2.35. The summed E-state index contributed by atoms with van der Waals surface area (Å²) in [5.74, 6) is 0.366.